The van der Waals surface area contributed by atoms with Crippen molar-refractivity contribution in [2.24, 2.45) is 11.8 Å². The Morgan fingerprint density at radius 1 is 0.936 bits per heavy atom. The molecule has 2 rings (SSSR count). The zero-order chi connectivity index (χ0) is 35.2. The summed E-state index contributed by atoms with van der Waals surface area (Å²) in [5.41, 5.74) is 0.314. The highest BCUT2D eigenvalue weighted by molar-refractivity contribution is 5.81. The average molecular weight is 661 g/mol. The first-order valence-electron chi connectivity index (χ1n) is 16.4. The molecule has 1 spiro atoms. The van der Waals surface area contributed by atoms with Crippen LogP contribution < -0.4 is 0 Å². The highest BCUT2D eigenvalue weighted by atomic mass is 16.7. The van der Waals surface area contributed by atoms with E-state index in [9.17, 15) is 29.4 Å². The fourth-order valence-electron chi connectivity index (χ4n) is 5.81. The van der Waals surface area contributed by atoms with Crippen molar-refractivity contribution in [1.82, 2.24) is 0 Å². The first kappa shape index (κ1) is 39.6. The molecule has 0 aliphatic carbocycles. The Labute approximate surface area is 277 Å². The molecular weight excluding hydrogens is 608 g/mol. The van der Waals surface area contributed by atoms with Crippen molar-refractivity contribution < 1.29 is 53.8 Å². The number of allylic oxidation sites excluding steroid dienone is 4. The smallest absolute Gasteiger partial charge is 0.328 e. The van der Waals surface area contributed by atoms with E-state index in [0.717, 1.165) is 37.0 Å². The average Bonchev–Trinajstić information content (AvgIpc) is 3.01. The van der Waals surface area contributed by atoms with E-state index < -0.39 is 47.5 Å². The summed E-state index contributed by atoms with van der Waals surface area (Å²) in [6.07, 6.45) is 14.9. The van der Waals surface area contributed by atoms with E-state index in [2.05, 4.69) is 6.92 Å². The van der Waals surface area contributed by atoms with Crippen molar-refractivity contribution in [3.63, 3.8) is 0 Å². The number of aliphatic hydroxyl groups is 1. The number of carbonyl (C=O) groups is 4. The lowest BCUT2D eigenvalue weighted by Gasteiger charge is -2.53. The van der Waals surface area contributed by atoms with Crippen molar-refractivity contribution in [2.75, 3.05) is 0 Å². The maximum Gasteiger partial charge on any atom is 0.328 e. The molecule has 2 heterocycles. The molecule has 2 saturated heterocycles. The molecule has 0 bridgehead atoms. The summed E-state index contributed by atoms with van der Waals surface area (Å²) in [5, 5.41) is 37.5. The van der Waals surface area contributed by atoms with Crippen LogP contribution in [0.4, 0.5) is 0 Å². The molecule has 262 valence electrons. The number of aliphatic hydroxyl groups excluding tert-OH is 1. The molecule has 0 aromatic rings. The van der Waals surface area contributed by atoms with Gasteiger partial charge in [-0.05, 0) is 57.4 Å². The molecule has 0 radical (unpaired) electrons. The van der Waals surface area contributed by atoms with Crippen LogP contribution in [0.2, 0.25) is 0 Å². The first-order chi connectivity index (χ1) is 22.1. The number of carboxylic acids is 3. The Bertz CT molecular complexity index is 1250. The van der Waals surface area contributed by atoms with Gasteiger partial charge in [0.25, 0.3) is 0 Å². The number of carbonyl (C=O) groups excluding carboxylic acids is 1. The Morgan fingerprint density at radius 3 is 2.30 bits per heavy atom. The normalized spacial score (nSPS) is 28.6. The van der Waals surface area contributed by atoms with Gasteiger partial charge < -0.3 is 34.6 Å². The summed E-state index contributed by atoms with van der Waals surface area (Å²) in [4.78, 5) is 46.0. The van der Waals surface area contributed by atoms with Crippen LogP contribution in [0.3, 0.4) is 0 Å². The van der Waals surface area contributed by atoms with Gasteiger partial charge in [-0.15, -0.1) is 0 Å². The Balaban J connectivity index is 2.31. The summed E-state index contributed by atoms with van der Waals surface area (Å²) in [5.74, 6) is -4.98. The van der Waals surface area contributed by atoms with E-state index in [-0.39, 0.29) is 30.8 Å². The molecular formula is C36H52O11. The minimum absolute atomic E-state index is 0.186. The van der Waals surface area contributed by atoms with E-state index in [4.69, 9.17) is 24.4 Å². The van der Waals surface area contributed by atoms with Gasteiger partial charge in [-0.25, -0.2) is 9.59 Å². The summed E-state index contributed by atoms with van der Waals surface area (Å²) in [6.45, 7) is 9.44. The van der Waals surface area contributed by atoms with Gasteiger partial charge in [-0.2, -0.15) is 0 Å². The first-order valence-corrected chi connectivity index (χ1v) is 16.4. The lowest BCUT2D eigenvalue weighted by Crippen LogP contribution is -2.59. The molecule has 0 aromatic heterocycles. The highest BCUT2D eigenvalue weighted by Crippen LogP contribution is 2.48. The predicted octanol–water partition coefficient (Wildman–Crippen LogP) is 6.13. The number of esters is 1. The van der Waals surface area contributed by atoms with Gasteiger partial charge in [0, 0.05) is 30.9 Å². The number of carboxylic acid groups (broad SMARTS) is 3. The molecule has 0 saturated carbocycles. The zero-order valence-electron chi connectivity index (χ0n) is 28.2. The maximum atomic E-state index is 12.9. The quantitative estimate of drug-likeness (QED) is 0.0802. The van der Waals surface area contributed by atoms with Crippen molar-refractivity contribution in [3.8, 4) is 0 Å². The Kier molecular flexibility index (Phi) is 15.8. The molecule has 2 aliphatic heterocycles. The zero-order valence-corrected chi connectivity index (χ0v) is 28.2. The van der Waals surface area contributed by atoms with Gasteiger partial charge in [0.1, 0.15) is 11.7 Å². The van der Waals surface area contributed by atoms with Crippen LogP contribution in [-0.2, 0) is 33.4 Å². The molecule has 2 aliphatic rings. The van der Waals surface area contributed by atoms with Gasteiger partial charge in [0.05, 0.1) is 25.0 Å². The van der Waals surface area contributed by atoms with E-state index in [1.54, 1.807) is 38.2 Å². The van der Waals surface area contributed by atoms with Gasteiger partial charge in [-0.3, -0.25) is 9.59 Å². The lowest BCUT2D eigenvalue weighted by molar-refractivity contribution is -0.344. The summed E-state index contributed by atoms with van der Waals surface area (Å²) in [6, 6.07) is 0. The Morgan fingerprint density at radius 2 is 1.66 bits per heavy atom. The third-order valence-electron chi connectivity index (χ3n) is 8.78. The van der Waals surface area contributed by atoms with Crippen molar-refractivity contribution in [2.45, 2.75) is 129 Å². The molecule has 0 aromatic carbocycles. The minimum atomic E-state index is -1.09. The van der Waals surface area contributed by atoms with E-state index in [1.807, 2.05) is 19.9 Å². The van der Waals surface area contributed by atoms with Crippen molar-refractivity contribution in [3.05, 3.63) is 59.8 Å². The molecule has 11 heteroatoms. The number of hydrogen-bond acceptors (Lipinski definition) is 8. The van der Waals surface area contributed by atoms with Crippen LogP contribution in [-0.4, -0.2) is 74.0 Å². The standard InChI is InChI=1S/C36H52O11/c1-6-7-19-35(47-34(44)17-16-32(40)41)21-22-36(46-30(35)14-10-25(3)23-33(42)43)20-18-27(5)29(45-36)13-9-24(2)8-12-28(37)26(4)11-15-31(38)39/h8-12,14-15,23,26-30,37H,6-7,13,16-22H2,1-5H3,(H,38,39)(H,40,41)(H,42,43)/b12-8+,14-10+,15-11+,24-9+,25-23+/t26-,27-,28-,29+,30+,35+,36+/m0/s1. The monoisotopic (exact) mass is 660 g/mol. The molecule has 0 unspecified atom stereocenters. The molecule has 0 amide bonds. The minimum Gasteiger partial charge on any atom is -0.481 e. The number of hydrogen-bond donors (Lipinski definition) is 4. The molecule has 11 nitrogen and oxygen atoms in total. The number of ether oxygens (including phenoxy) is 3. The molecule has 4 N–H and O–H groups in total. The maximum absolute atomic E-state index is 12.9. The molecule has 2 fully saturated rings. The highest BCUT2D eigenvalue weighted by Gasteiger charge is 2.54. The second-order valence-electron chi connectivity index (χ2n) is 12.8. The van der Waals surface area contributed by atoms with Crippen LogP contribution in [0.5, 0.6) is 0 Å². The predicted molar refractivity (Wildman–Crippen MR) is 175 cm³/mol. The second kappa shape index (κ2) is 18.7. The van der Waals surface area contributed by atoms with Crippen LogP contribution in [0.1, 0.15) is 98.8 Å². The fraction of sp³-hybridized carbons (Fsp3) is 0.611. The van der Waals surface area contributed by atoms with Gasteiger partial charge in [0.2, 0.25) is 0 Å². The third-order valence-corrected chi connectivity index (χ3v) is 8.78. The van der Waals surface area contributed by atoms with E-state index in [0.29, 0.717) is 37.7 Å². The second-order valence-corrected chi connectivity index (χ2v) is 12.8. The van der Waals surface area contributed by atoms with Gasteiger partial charge in [-0.1, -0.05) is 69.2 Å². The number of unbranched alkanes of at least 4 members (excludes halogenated alkanes) is 1. The van der Waals surface area contributed by atoms with E-state index in [1.165, 1.54) is 6.08 Å². The van der Waals surface area contributed by atoms with Crippen LogP contribution in [0.25, 0.3) is 0 Å². The third kappa shape index (κ3) is 13.2. The topological polar surface area (TPSA) is 177 Å². The summed E-state index contributed by atoms with van der Waals surface area (Å²) >= 11 is 0. The summed E-state index contributed by atoms with van der Waals surface area (Å²) in [7, 11) is 0. The van der Waals surface area contributed by atoms with Crippen LogP contribution in [0.15, 0.2) is 59.8 Å². The largest absolute Gasteiger partial charge is 0.481 e. The number of rotatable bonds is 17. The fourth-order valence-corrected chi connectivity index (χ4v) is 5.81. The summed E-state index contributed by atoms with van der Waals surface area (Å²) < 4.78 is 19.5. The van der Waals surface area contributed by atoms with Gasteiger partial charge in [0.15, 0.2) is 5.79 Å². The van der Waals surface area contributed by atoms with Gasteiger partial charge >= 0.3 is 23.9 Å². The Hall–Kier alpha value is -3.54. The van der Waals surface area contributed by atoms with E-state index >= 15 is 0 Å². The molecule has 47 heavy (non-hydrogen) atoms. The molecule has 7 atom stereocenters. The van der Waals surface area contributed by atoms with Crippen LogP contribution >= 0.6 is 0 Å². The lowest BCUT2D eigenvalue weighted by atomic mass is 9.78. The number of aliphatic carboxylic acids is 3. The SMILES string of the molecule is CCCC[C@@]1(OC(=O)CCC(=O)O)CC[C@@]2(CC[C@H](C)[C@@H](C/C=C(C)/C=C/[C@H](O)[C@@H](C)/C=C/C(=O)O)O2)O[C@@H]1/C=C/C(C)=C/C(=O)O. The van der Waals surface area contributed by atoms with Crippen molar-refractivity contribution >= 4 is 23.9 Å². The van der Waals surface area contributed by atoms with Crippen LogP contribution in [0, 0.1) is 11.8 Å². The van der Waals surface area contributed by atoms with Crippen molar-refractivity contribution in [1.29, 1.82) is 0 Å².